The molecule has 3 amide bonds. The number of aliphatic hydroxyl groups excluding tert-OH is 1. The van der Waals surface area contributed by atoms with E-state index in [0.29, 0.717) is 36.6 Å². The van der Waals surface area contributed by atoms with Gasteiger partial charge < -0.3 is 20.6 Å². The molecule has 2 aromatic rings. The second-order valence-electron chi connectivity index (χ2n) is 10.0. The minimum absolute atomic E-state index is 0.0110. The lowest BCUT2D eigenvalue weighted by molar-refractivity contribution is -0.139. The number of carbonyl (C=O) groups excluding carboxylic acids is 3. The highest BCUT2D eigenvalue weighted by Gasteiger charge is 2.73. The number of thioether (sulfide) groups is 1. The number of hydrogen-bond acceptors (Lipinski definition) is 5. The highest BCUT2D eigenvalue weighted by molar-refractivity contribution is 8.02. The van der Waals surface area contributed by atoms with Crippen molar-refractivity contribution in [2.45, 2.75) is 54.7 Å². The molecule has 7 nitrogen and oxygen atoms in total. The third-order valence-corrected chi connectivity index (χ3v) is 10.1. The molecule has 5 rings (SSSR count). The summed E-state index contributed by atoms with van der Waals surface area (Å²) in [4.78, 5) is 42.9. The van der Waals surface area contributed by atoms with Crippen LogP contribution >= 0.6 is 23.4 Å². The molecule has 3 fully saturated rings. The fourth-order valence-corrected chi connectivity index (χ4v) is 8.63. The number of nitrogens with zero attached hydrogens (tertiary/aromatic N) is 1. The van der Waals surface area contributed by atoms with Crippen LogP contribution in [0.5, 0.6) is 0 Å². The van der Waals surface area contributed by atoms with Crippen molar-refractivity contribution in [3.63, 3.8) is 0 Å². The Balaban J connectivity index is 1.40. The number of hydrogen-bond donors (Lipinski definition) is 3. The van der Waals surface area contributed by atoms with Crippen LogP contribution in [0.3, 0.4) is 0 Å². The van der Waals surface area contributed by atoms with Crippen molar-refractivity contribution < 1.29 is 19.5 Å². The van der Waals surface area contributed by atoms with E-state index in [-0.39, 0.29) is 29.6 Å². The van der Waals surface area contributed by atoms with E-state index in [1.54, 1.807) is 40.9 Å². The third-order valence-electron chi connectivity index (χ3n) is 7.85. The fourth-order valence-electron chi connectivity index (χ4n) is 6.23. The van der Waals surface area contributed by atoms with Gasteiger partial charge in [-0.25, -0.2) is 0 Å². The van der Waals surface area contributed by atoms with Crippen LogP contribution in [0.15, 0.2) is 54.6 Å². The summed E-state index contributed by atoms with van der Waals surface area (Å²) in [7, 11) is 0. The average Bonchev–Trinajstić information content (AvgIpc) is 3.54. The predicted octanol–water partition coefficient (Wildman–Crippen LogP) is 3.85. The van der Waals surface area contributed by atoms with E-state index in [9.17, 15) is 19.5 Å². The maximum atomic E-state index is 13.9. The molecule has 9 heteroatoms. The first-order chi connectivity index (χ1) is 18.0. The highest BCUT2D eigenvalue weighted by atomic mass is 35.5. The molecular weight excluding hydrogens is 510 g/mol. The summed E-state index contributed by atoms with van der Waals surface area (Å²) in [6.45, 7) is 0.919. The number of likely N-dealkylation sites (tertiary alicyclic amines) is 1. The fraction of sp³-hybridized carbons (Fsp3) is 0.464. The average molecular weight is 542 g/mol. The number of fused-ring (bicyclic) bond motifs is 1. The molecule has 2 unspecified atom stereocenters. The Labute approximate surface area is 226 Å². The van der Waals surface area contributed by atoms with E-state index < -0.39 is 22.6 Å². The van der Waals surface area contributed by atoms with Crippen molar-refractivity contribution >= 4 is 46.8 Å². The molecular formula is C28H32ClN3O4S. The monoisotopic (exact) mass is 541 g/mol. The Hall–Kier alpha value is -2.55. The van der Waals surface area contributed by atoms with Gasteiger partial charge in [0.2, 0.25) is 17.7 Å². The van der Waals surface area contributed by atoms with Crippen LogP contribution in [0.25, 0.3) is 0 Å². The van der Waals surface area contributed by atoms with Gasteiger partial charge in [-0.15, -0.1) is 11.8 Å². The van der Waals surface area contributed by atoms with Gasteiger partial charge in [-0.1, -0.05) is 54.1 Å². The number of amides is 3. The number of nitrogens with one attached hydrogen (secondary N) is 2. The van der Waals surface area contributed by atoms with E-state index in [1.807, 2.05) is 30.3 Å². The van der Waals surface area contributed by atoms with E-state index in [0.717, 1.165) is 24.8 Å². The zero-order valence-corrected chi connectivity index (χ0v) is 22.1. The van der Waals surface area contributed by atoms with Gasteiger partial charge in [-0.2, -0.15) is 0 Å². The van der Waals surface area contributed by atoms with Crippen LogP contribution in [0.1, 0.15) is 37.7 Å². The van der Waals surface area contributed by atoms with E-state index in [1.165, 1.54) is 0 Å². The number of anilines is 1. The molecule has 0 aliphatic carbocycles. The largest absolute Gasteiger partial charge is 0.396 e. The summed E-state index contributed by atoms with van der Waals surface area (Å²) in [6, 6.07) is 16.1. The summed E-state index contributed by atoms with van der Waals surface area (Å²) >= 11 is 7.97. The van der Waals surface area contributed by atoms with Crippen molar-refractivity contribution in [1.29, 1.82) is 0 Å². The summed E-state index contributed by atoms with van der Waals surface area (Å²) in [6.07, 6.45) is 3.60. The van der Waals surface area contributed by atoms with Crippen LogP contribution in [0, 0.1) is 11.8 Å². The number of carbonyl (C=O) groups is 3. The van der Waals surface area contributed by atoms with E-state index >= 15 is 0 Å². The van der Waals surface area contributed by atoms with Crippen molar-refractivity contribution in [3.8, 4) is 0 Å². The Kier molecular flexibility index (Phi) is 7.79. The molecule has 3 saturated heterocycles. The summed E-state index contributed by atoms with van der Waals surface area (Å²) in [5, 5.41) is 15.6. The minimum Gasteiger partial charge on any atom is -0.396 e. The predicted molar refractivity (Wildman–Crippen MR) is 145 cm³/mol. The van der Waals surface area contributed by atoms with Gasteiger partial charge in [-0.05, 0) is 49.8 Å². The van der Waals surface area contributed by atoms with Crippen molar-refractivity contribution in [2.24, 2.45) is 11.8 Å². The molecule has 1 spiro atoms. The quantitative estimate of drug-likeness (QED) is 0.397. The Bertz CT molecular complexity index is 1170. The van der Waals surface area contributed by atoms with Crippen molar-refractivity contribution in [2.75, 3.05) is 18.5 Å². The number of aliphatic hydroxyl groups is 1. The maximum Gasteiger partial charge on any atom is 0.248 e. The molecule has 0 aromatic heterocycles. The molecule has 0 saturated carbocycles. The molecule has 0 radical (unpaired) electrons. The molecule has 37 heavy (non-hydrogen) atoms. The summed E-state index contributed by atoms with van der Waals surface area (Å²) < 4.78 is -0.640. The number of halogens is 1. The topological polar surface area (TPSA) is 98.7 Å². The van der Waals surface area contributed by atoms with Crippen LogP contribution in [0.2, 0.25) is 5.02 Å². The maximum absolute atomic E-state index is 13.9. The number of para-hydroxylation sites is 1. The van der Waals surface area contributed by atoms with Gasteiger partial charge >= 0.3 is 0 Å². The van der Waals surface area contributed by atoms with Gasteiger partial charge in [0.25, 0.3) is 0 Å². The summed E-state index contributed by atoms with van der Waals surface area (Å²) in [5.74, 6) is -1.49. The molecule has 3 aliphatic heterocycles. The minimum atomic E-state index is -0.683. The van der Waals surface area contributed by atoms with Gasteiger partial charge in [0.05, 0.1) is 27.3 Å². The Morgan fingerprint density at radius 2 is 1.81 bits per heavy atom. The first-order valence-corrected chi connectivity index (χ1v) is 14.2. The second kappa shape index (κ2) is 11.1. The standard InChI is InChI=1S/C28H32ClN3O4S/c29-19-11-5-6-12-20(19)31-26(35)24-28-14-13-21(37-28)22(25(34)30-17-18-9-3-1-4-10-18)23(28)27(36)32(24)15-7-2-8-16-33/h1,3-6,9-12,21-24,33H,2,7-8,13-17H2,(H,30,34)(H,31,35)/t21-,22+,23-,24?,28?/m0/s1. The van der Waals surface area contributed by atoms with Crippen LogP contribution < -0.4 is 10.6 Å². The van der Waals surface area contributed by atoms with Gasteiger partial charge in [0.1, 0.15) is 6.04 Å². The zero-order chi connectivity index (χ0) is 26.0. The van der Waals surface area contributed by atoms with Crippen molar-refractivity contribution in [3.05, 3.63) is 65.2 Å². The first-order valence-electron chi connectivity index (χ1n) is 12.9. The lowest BCUT2D eigenvalue weighted by Gasteiger charge is -2.34. The Morgan fingerprint density at radius 1 is 1.05 bits per heavy atom. The van der Waals surface area contributed by atoms with Crippen LogP contribution in [0.4, 0.5) is 5.69 Å². The lowest BCUT2D eigenvalue weighted by atomic mass is 9.70. The van der Waals surface area contributed by atoms with Gasteiger partial charge in [-0.3, -0.25) is 14.4 Å². The number of unbranched alkanes of at least 4 members (excludes halogenated alkanes) is 2. The molecule has 196 valence electrons. The zero-order valence-electron chi connectivity index (χ0n) is 20.6. The molecule has 3 aliphatic rings. The van der Waals surface area contributed by atoms with Crippen LogP contribution in [-0.2, 0) is 20.9 Å². The van der Waals surface area contributed by atoms with Gasteiger partial charge in [0.15, 0.2) is 0 Å². The number of benzene rings is 2. The molecule has 3 N–H and O–H groups in total. The van der Waals surface area contributed by atoms with Crippen LogP contribution in [-0.4, -0.2) is 56.9 Å². The third kappa shape index (κ3) is 4.87. The Morgan fingerprint density at radius 3 is 2.57 bits per heavy atom. The number of rotatable bonds is 10. The lowest BCUT2D eigenvalue weighted by Crippen LogP contribution is -2.51. The summed E-state index contributed by atoms with van der Waals surface area (Å²) in [5.41, 5.74) is 1.51. The molecule has 3 heterocycles. The normalized spacial score (nSPS) is 27.8. The second-order valence-corrected chi connectivity index (χ2v) is 12.1. The van der Waals surface area contributed by atoms with Crippen molar-refractivity contribution in [1.82, 2.24) is 10.2 Å². The first kappa shape index (κ1) is 26.1. The smallest absolute Gasteiger partial charge is 0.248 e. The van der Waals surface area contributed by atoms with E-state index in [2.05, 4.69) is 10.6 Å². The molecule has 2 aromatic carbocycles. The SMILES string of the molecule is O=C(Nc1ccccc1Cl)C1N(CCCCCO)C(=O)[C@@H]2[C@H](C(=O)NCc3ccccc3)[C@@H]3CCC12S3. The molecule has 5 atom stereocenters. The molecule has 2 bridgehead atoms. The van der Waals surface area contributed by atoms with E-state index in [4.69, 9.17) is 11.6 Å². The highest BCUT2D eigenvalue weighted by Crippen LogP contribution is 2.66. The van der Waals surface area contributed by atoms with Gasteiger partial charge in [0, 0.05) is 24.9 Å².